The van der Waals surface area contributed by atoms with E-state index in [9.17, 15) is 0 Å². The van der Waals surface area contributed by atoms with E-state index in [0.29, 0.717) is 11.6 Å². The number of rotatable bonds is 2. The van der Waals surface area contributed by atoms with Gasteiger partial charge in [-0.2, -0.15) is 0 Å². The van der Waals surface area contributed by atoms with E-state index in [-0.39, 0.29) is 5.41 Å². The van der Waals surface area contributed by atoms with Gasteiger partial charge in [-0.1, -0.05) is 20.8 Å². The summed E-state index contributed by atoms with van der Waals surface area (Å²) in [5.41, 5.74) is 1.58. The largest absolute Gasteiger partial charge is 0.372 e. The Morgan fingerprint density at radius 1 is 1.15 bits per heavy atom. The van der Waals surface area contributed by atoms with Gasteiger partial charge in [0.2, 0.25) is 0 Å². The van der Waals surface area contributed by atoms with E-state index in [2.05, 4.69) is 62.0 Å². The van der Waals surface area contributed by atoms with Crippen molar-refractivity contribution in [2.75, 3.05) is 12.4 Å². The van der Waals surface area contributed by atoms with Gasteiger partial charge in [-0.05, 0) is 28.9 Å². The zero-order valence-corrected chi connectivity index (χ0v) is 13.9. The van der Waals surface area contributed by atoms with Crippen molar-refractivity contribution in [2.45, 2.75) is 33.1 Å². The molecule has 106 valence electrons. The Labute approximate surface area is 127 Å². The molecule has 1 N–H and O–H groups in total. The van der Waals surface area contributed by atoms with E-state index in [1.807, 2.05) is 20.0 Å². The van der Waals surface area contributed by atoms with Crippen LogP contribution in [0.3, 0.4) is 0 Å². The Bertz CT molecular complexity index is 634. The molecule has 2 rings (SSSR count). The number of aromatic nitrogens is 4. The highest BCUT2D eigenvalue weighted by Gasteiger charge is 2.23. The van der Waals surface area contributed by atoms with E-state index in [1.165, 1.54) is 0 Å². The molecule has 5 nitrogen and oxygen atoms in total. The Morgan fingerprint density at radius 3 is 2.40 bits per heavy atom. The first-order valence-electron chi connectivity index (χ1n) is 6.38. The number of hydrogen-bond donors (Lipinski definition) is 1. The van der Waals surface area contributed by atoms with Crippen LogP contribution in [0.2, 0.25) is 0 Å². The fourth-order valence-electron chi connectivity index (χ4n) is 1.80. The van der Waals surface area contributed by atoms with Gasteiger partial charge in [0.15, 0.2) is 5.82 Å². The Balaban J connectivity index is 2.66. The fraction of sp³-hybridized carbons (Fsp3) is 0.429. The van der Waals surface area contributed by atoms with Gasteiger partial charge in [0, 0.05) is 18.7 Å². The maximum atomic E-state index is 4.68. The second-order valence-corrected chi connectivity index (χ2v) is 6.34. The third-order valence-corrected chi connectivity index (χ3v) is 3.55. The van der Waals surface area contributed by atoms with Crippen LogP contribution in [0.25, 0.3) is 11.5 Å². The van der Waals surface area contributed by atoms with E-state index in [1.54, 1.807) is 6.20 Å². The van der Waals surface area contributed by atoms with Gasteiger partial charge < -0.3 is 5.32 Å². The number of aryl methyl sites for hydroxylation is 1. The van der Waals surface area contributed by atoms with Crippen LogP contribution in [0.1, 0.15) is 32.3 Å². The maximum absolute atomic E-state index is 4.68. The third-order valence-electron chi connectivity index (χ3n) is 2.80. The molecule has 2 aromatic heterocycles. The number of nitrogens with one attached hydrogen (secondary N) is 1. The minimum Gasteiger partial charge on any atom is -0.372 e. The SMILES string of the molecule is CNc1nc(-c2ccnc(C)n2)nc(C(C)(C)C)c1Br. The second kappa shape index (κ2) is 5.44. The minimum absolute atomic E-state index is 0.0931. The lowest BCUT2D eigenvalue weighted by atomic mass is 9.92. The summed E-state index contributed by atoms with van der Waals surface area (Å²) in [6.07, 6.45) is 1.72. The first-order valence-corrected chi connectivity index (χ1v) is 7.18. The lowest BCUT2D eigenvalue weighted by Gasteiger charge is -2.21. The molecule has 0 aromatic carbocycles. The van der Waals surface area contributed by atoms with Crippen LogP contribution in [-0.4, -0.2) is 27.0 Å². The smallest absolute Gasteiger partial charge is 0.180 e. The van der Waals surface area contributed by atoms with E-state index in [0.717, 1.165) is 21.7 Å². The van der Waals surface area contributed by atoms with E-state index < -0.39 is 0 Å². The summed E-state index contributed by atoms with van der Waals surface area (Å²) < 4.78 is 0.891. The summed E-state index contributed by atoms with van der Waals surface area (Å²) in [6, 6.07) is 1.82. The molecular formula is C14H18BrN5. The van der Waals surface area contributed by atoms with Crippen LogP contribution < -0.4 is 5.32 Å². The molecule has 2 aromatic rings. The number of halogens is 1. The summed E-state index contributed by atoms with van der Waals surface area (Å²) in [7, 11) is 1.84. The molecule has 6 heteroatoms. The number of nitrogens with zero attached hydrogens (tertiary/aromatic N) is 4. The monoisotopic (exact) mass is 335 g/mol. The van der Waals surface area contributed by atoms with Crippen LogP contribution in [0.15, 0.2) is 16.7 Å². The lowest BCUT2D eigenvalue weighted by Crippen LogP contribution is -2.17. The van der Waals surface area contributed by atoms with Crippen LogP contribution >= 0.6 is 15.9 Å². The van der Waals surface area contributed by atoms with Gasteiger partial charge in [-0.25, -0.2) is 19.9 Å². The van der Waals surface area contributed by atoms with Crippen molar-refractivity contribution >= 4 is 21.7 Å². The number of anilines is 1. The lowest BCUT2D eigenvalue weighted by molar-refractivity contribution is 0.564. The van der Waals surface area contributed by atoms with Crippen molar-refractivity contribution in [1.82, 2.24) is 19.9 Å². The summed E-state index contributed by atoms with van der Waals surface area (Å²) in [5.74, 6) is 2.07. The molecule has 0 unspecified atom stereocenters. The van der Waals surface area contributed by atoms with Crippen LogP contribution in [0, 0.1) is 6.92 Å². The molecular weight excluding hydrogens is 318 g/mol. The van der Waals surface area contributed by atoms with Gasteiger partial charge in [-0.3, -0.25) is 0 Å². The predicted octanol–water partition coefficient (Wildman–Crippen LogP) is 3.34. The van der Waals surface area contributed by atoms with Crippen molar-refractivity contribution in [2.24, 2.45) is 0 Å². The molecule has 0 saturated heterocycles. The average molecular weight is 336 g/mol. The van der Waals surface area contributed by atoms with Crippen molar-refractivity contribution in [3.63, 3.8) is 0 Å². The third kappa shape index (κ3) is 2.95. The van der Waals surface area contributed by atoms with Crippen molar-refractivity contribution < 1.29 is 0 Å². The molecule has 0 saturated carbocycles. The normalized spacial score (nSPS) is 11.5. The molecule has 0 bridgehead atoms. The summed E-state index contributed by atoms with van der Waals surface area (Å²) >= 11 is 3.58. The highest BCUT2D eigenvalue weighted by atomic mass is 79.9. The first-order chi connectivity index (χ1) is 9.32. The molecule has 0 spiro atoms. The summed E-state index contributed by atoms with van der Waals surface area (Å²) in [4.78, 5) is 17.7. The van der Waals surface area contributed by atoms with Crippen LogP contribution in [-0.2, 0) is 5.41 Å². The molecule has 0 fully saturated rings. The highest BCUT2D eigenvalue weighted by molar-refractivity contribution is 9.10. The van der Waals surface area contributed by atoms with Gasteiger partial charge in [0.05, 0.1) is 10.2 Å². The van der Waals surface area contributed by atoms with Gasteiger partial charge in [0.1, 0.15) is 17.3 Å². The second-order valence-electron chi connectivity index (χ2n) is 5.55. The van der Waals surface area contributed by atoms with Crippen molar-refractivity contribution in [3.8, 4) is 11.5 Å². The topological polar surface area (TPSA) is 63.6 Å². The quantitative estimate of drug-likeness (QED) is 0.911. The number of hydrogen-bond acceptors (Lipinski definition) is 5. The molecule has 0 radical (unpaired) electrons. The Morgan fingerprint density at radius 2 is 1.85 bits per heavy atom. The van der Waals surface area contributed by atoms with Crippen molar-refractivity contribution in [3.05, 3.63) is 28.3 Å². The fourth-order valence-corrected chi connectivity index (χ4v) is 2.78. The van der Waals surface area contributed by atoms with Gasteiger partial charge in [0.25, 0.3) is 0 Å². The predicted molar refractivity (Wildman–Crippen MR) is 83.7 cm³/mol. The molecule has 0 aliphatic carbocycles. The molecule has 0 aliphatic rings. The summed E-state index contributed by atoms with van der Waals surface area (Å²) in [5, 5.41) is 3.09. The molecule has 2 heterocycles. The van der Waals surface area contributed by atoms with E-state index >= 15 is 0 Å². The highest BCUT2D eigenvalue weighted by Crippen LogP contribution is 2.33. The standard InChI is InChI=1S/C14H18BrN5/c1-8-17-7-6-9(18-8)12-19-11(14(2,3)4)10(15)13(16-5)20-12/h6-7H,1-5H3,(H,16,19,20). The minimum atomic E-state index is -0.0931. The average Bonchev–Trinajstić information content (AvgIpc) is 2.37. The first kappa shape index (κ1) is 14.8. The van der Waals surface area contributed by atoms with E-state index in [4.69, 9.17) is 0 Å². The van der Waals surface area contributed by atoms with Crippen LogP contribution in [0.4, 0.5) is 5.82 Å². The zero-order valence-electron chi connectivity index (χ0n) is 12.3. The van der Waals surface area contributed by atoms with Crippen LogP contribution in [0.5, 0.6) is 0 Å². The molecule has 0 aliphatic heterocycles. The molecule has 20 heavy (non-hydrogen) atoms. The molecule has 0 atom stereocenters. The Hall–Kier alpha value is -1.56. The zero-order chi connectivity index (χ0) is 14.9. The van der Waals surface area contributed by atoms with Crippen molar-refractivity contribution in [1.29, 1.82) is 0 Å². The summed E-state index contributed by atoms with van der Waals surface area (Å²) in [6.45, 7) is 8.21. The van der Waals surface area contributed by atoms with Gasteiger partial charge >= 0.3 is 0 Å². The Kier molecular flexibility index (Phi) is 4.04. The maximum Gasteiger partial charge on any atom is 0.180 e. The van der Waals surface area contributed by atoms with Gasteiger partial charge in [-0.15, -0.1) is 0 Å². The molecule has 0 amide bonds.